The lowest BCUT2D eigenvalue weighted by Gasteiger charge is -1.98. The van der Waals surface area contributed by atoms with Crippen LogP contribution >= 0.6 is 11.6 Å². The summed E-state index contributed by atoms with van der Waals surface area (Å²) >= 11 is 5.48. The molecule has 0 fully saturated rings. The zero-order valence-electron chi connectivity index (χ0n) is 7.18. The summed E-state index contributed by atoms with van der Waals surface area (Å²) in [4.78, 5) is 0. The van der Waals surface area contributed by atoms with E-state index in [1.807, 2.05) is 6.07 Å². The molecule has 0 aliphatic carbocycles. The summed E-state index contributed by atoms with van der Waals surface area (Å²) < 4.78 is 0. The molecule has 0 bridgehead atoms. The second-order valence-electron chi connectivity index (χ2n) is 2.58. The minimum Gasteiger partial charge on any atom is -0.397 e. The van der Waals surface area contributed by atoms with E-state index in [4.69, 9.17) is 23.1 Å². The lowest BCUT2D eigenvalue weighted by atomic mass is 10.2. The fourth-order valence-corrected chi connectivity index (χ4v) is 0.959. The van der Waals surface area contributed by atoms with Gasteiger partial charge >= 0.3 is 0 Å². The monoisotopic (exact) mass is 194 g/mol. The van der Waals surface area contributed by atoms with Crippen molar-refractivity contribution in [3.63, 3.8) is 0 Å². The highest BCUT2D eigenvalue weighted by Crippen LogP contribution is 2.14. The lowest BCUT2D eigenvalue weighted by molar-refractivity contribution is 1.29. The summed E-state index contributed by atoms with van der Waals surface area (Å²) in [6, 6.07) is 5.35. The van der Waals surface area contributed by atoms with Gasteiger partial charge in [-0.1, -0.05) is 11.8 Å². The van der Waals surface area contributed by atoms with Gasteiger partial charge in [0.2, 0.25) is 0 Å². The number of hydrogen-bond acceptors (Lipinski definition) is 2. The van der Waals surface area contributed by atoms with Gasteiger partial charge in [0, 0.05) is 17.9 Å². The molecule has 0 aliphatic rings. The second kappa shape index (κ2) is 4.64. The van der Waals surface area contributed by atoms with E-state index in [9.17, 15) is 0 Å². The zero-order valence-corrected chi connectivity index (χ0v) is 7.93. The Kier molecular flexibility index (Phi) is 3.48. The van der Waals surface area contributed by atoms with Crippen LogP contribution in [0.4, 0.5) is 11.4 Å². The van der Waals surface area contributed by atoms with Crippen molar-refractivity contribution in [1.29, 1.82) is 0 Å². The molecule has 0 saturated heterocycles. The number of nitrogen functional groups attached to an aromatic ring is 2. The highest BCUT2D eigenvalue weighted by molar-refractivity contribution is 6.18. The van der Waals surface area contributed by atoms with E-state index in [1.54, 1.807) is 12.1 Å². The summed E-state index contributed by atoms with van der Waals surface area (Å²) in [5.74, 6) is 6.42. The molecule has 0 atom stereocenters. The Morgan fingerprint density at radius 3 is 2.62 bits per heavy atom. The lowest BCUT2D eigenvalue weighted by Crippen LogP contribution is -1.94. The van der Waals surface area contributed by atoms with Crippen molar-refractivity contribution in [2.75, 3.05) is 17.3 Å². The molecule has 3 heteroatoms. The van der Waals surface area contributed by atoms with Crippen LogP contribution in [0.5, 0.6) is 0 Å². The maximum absolute atomic E-state index is 5.61. The molecule has 0 amide bonds. The van der Waals surface area contributed by atoms with Gasteiger partial charge in [0.1, 0.15) is 0 Å². The van der Waals surface area contributed by atoms with Crippen LogP contribution in [0.3, 0.4) is 0 Å². The summed E-state index contributed by atoms with van der Waals surface area (Å²) in [5.41, 5.74) is 13.2. The minimum atomic E-state index is 0.553. The molecule has 0 aliphatic heterocycles. The fourth-order valence-electron chi connectivity index (χ4n) is 0.864. The third-order valence-electron chi connectivity index (χ3n) is 1.54. The molecule has 0 unspecified atom stereocenters. The van der Waals surface area contributed by atoms with Crippen LogP contribution < -0.4 is 11.5 Å². The van der Waals surface area contributed by atoms with Gasteiger partial charge in [-0.3, -0.25) is 0 Å². The molecule has 0 spiro atoms. The molecule has 1 aromatic carbocycles. The smallest absolute Gasteiger partial charge is 0.0560 e. The molecule has 4 N–H and O–H groups in total. The first-order valence-corrected chi connectivity index (χ1v) is 4.47. The van der Waals surface area contributed by atoms with Gasteiger partial charge in [0.15, 0.2) is 0 Å². The van der Waals surface area contributed by atoms with Crippen molar-refractivity contribution in [2.45, 2.75) is 6.42 Å². The van der Waals surface area contributed by atoms with Gasteiger partial charge in [0.25, 0.3) is 0 Å². The van der Waals surface area contributed by atoms with Crippen LogP contribution in [0.1, 0.15) is 12.0 Å². The summed E-state index contributed by atoms with van der Waals surface area (Å²) in [6.45, 7) is 0. The molecule has 0 saturated carbocycles. The van der Waals surface area contributed by atoms with Gasteiger partial charge in [-0.05, 0) is 18.2 Å². The van der Waals surface area contributed by atoms with E-state index in [0.29, 0.717) is 23.7 Å². The number of nitrogens with two attached hydrogens (primary N) is 2. The molecule has 2 nitrogen and oxygen atoms in total. The summed E-state index contributed by atoms with van der Waals surface area (Å²) in [5, 5.41) is 0. The molecule has 68 valence electrons. The number of anilines is 2. The number of halogens is 1. The Balaban J connectivity index is 2.81. The standard InChI is InChI=1S/C10H11ClN2/c11-6-2-1-3-8-4-5-9(12)10(13)7-8/h4-5,7H,2,6,12-13H2. The molecule has 0 radical (unpaired) electrons. The highest BCUT2D eigenvalue weighted by atomic mass is 35.5. The predicted octanol–water partition coefficient (Wildman–Crippen LogP) is 1.83. The fraction of sp³-hybridized carbons (Fsp3) is 0.200. The van der Waals surface area contributed by atoms with Crippen LogP contribution in [0, 0.1) is 11.8 Å². The molecular formula is C10H11ClN2. The summed E-state index contributed by atoms with van der Waals surface area (Å²) in [7, 11) is 0. The van der Waals surface area contributed by atoms with Gasteiger partial charge in [-0.2, -0.15) is 0 Å². The molecule has 1 rings (SSSR count). The second-order valence-corrected chi connectivity index (χ2v) is 2.96. The first-order chi connectivity index (χ1) is 6.24. The van der Waals surface area contributed by atoms with Crippen molar-refractivity contribution in [3.8, 4) is 11.8 Å². The van der Waals surface area contributed by atoms with E-state index >= 15 is 0 Å². The van der Waals surface area contributed by atoms with Gasteiger partial charge in [-0.25, -0.2) is 0 Å². The topological polar surface area (TPSA) is 52.0 Å². The third-order valence-corrected chi connectivity index (χ3v) is 1.73. The Bertz CT molecular complexity index is 350. The molecular weight excluding hydrogens is 184 g/mol. The maximum Gasteiger partial charge on any atom is 0.0560 e. The zero-order chi connectivity index (χ0) is 9.68. The van der Waals surface area contributed by atoms with Gasteiger partial charge in [0.05, 0.1) is 11.4 Å². The quantitative estimate of drug-likeness (QED) is 0.407. The van der Waals surface area contributed by atoms with E-state index in [0.717, 1.165) is 5.56 Å². The van der Waals surface area contributed by atoms with Crippen molar-refractivity contribution < 1.29 is 0 Å². The maximum atomic E-state index is 5.61. The number of rotatable bonds is 1. The Labute approximate surface area is 82.9 Å². The van der Waals surface area contributed by atoms with Crippen LogP contribution in [0.15, 0.2) is 18.2 Å². The van der Waals surface area contributed by atoms with Gasteiger partial charge < -0.3 is 11.5 Å². The van der Waals surface area contributed by atoms with Crippen molar-refractivity contribution in [2.24, 2.45) is 0 Å². The van der Waals surface area contributed by atoms with Gasteiger partial charge in [-0.15, -0.1) is 11.6 Å². The normalized spacial score (nSPS) is 9.00. The Hall–Kier alpha value is -1.33. The molecule has 1 aromatic rings. The van der Waals surface area contributed by atoms with Crippen LogP contribution in [0.2, 0.25) is 0 Å². The SMILES string of the molecule is Nc1ccc(C#CCCCl)cc1N. The molecule has 0 aromatic heterocycles. The van der Waals surface area contributed by atoms with E-state index in [-0.39, 0.29) is 0 Å². The van der Waals surface area contributed by atoms with Crippen LogP contribution in [0.25, 0.3) is 0 Å². The highest BCUT2D eigenvalue weighted by Gasteiger charge is 1.93. The number of hydrogen-bond donors (Lipinski definition) is 2. The average molecular weight is 195 g/mol. The first-order valence-electron chi connectivity index (χ1n) is 3.94. The van der Waals surface area contributed by atoms with E-state index < -0.39 is 0 Å². The first kappa shape index (κ1) is 9.76. The van der Waals surface area contributed by atoms with Crippen molar-refractivity contribution in [1.82, 2.24) is 0 Å². The minimum absolute atomic E-state index is 0.553. The predicted molar refractivity (Wildman–Crippen MR) is 57.5 cm³/mol. The largest absolute Gasteiger partial charge is 0.397 e. The molecule has 13 heavy (non-hydrogen) atoms. The molecule has 0 heterocycles. The Morgan fingerprint density at radius 1 is 1.23 bits per heavy atom. The summed E-state index contributed by atoms with van der Waals surface area (Å²) in [6.07, 6.45) is 0.686. The van der Waals surface area contributed by atoms with Crippen LogP contribution in [-0.2, 0) is 0 Å². The third kappa shape index (κ3) is 2.89. The number of alkyl halides is 1. The van der Waals surface area contributed by atoms with E-state index in [2.05, 4.69) is 11.8 Å². The van der Waals surface area contributed by atoms with Crippen molar-refractivity contribution in [3.05, 3.63) is 23.8 Å². The van der Waals surface area contributed by atoms with Crippen LogP contribution in [-0.4, -0.2) is 5.88 Å². The van der Waals surface area contributed by atoms with Crippen molar-refractivity contribution >= 4 is 23.0 Å². The number of benzene rings is 1. The average Bonchev–Trinajstić information content (AvgIpc) is 2.12. The van der Waals surface area contributed by atoms with E-state index in [1.165, 1.54) is 0 Å². The Morgan fingerprint density at radius 2 is 2.00 bits per heavy atom.